The van der Waals surface area contributed by atoms with Crippen LogP contribution in [0.1, 0.15) is 36.7 Å². The van der Waals surface area contributed by atoms with Crippen LogP contribution in [0.4, 0.5) is 5.69 Å². The molecule has 0 saturated carbocycles. The zero-order valence-corrected chi connectivity index (χ0v) is 19.1. The number of anilines is 1. The second kappa shape index (κ2) is 7.02. The van der Waals surface area contributed by atoms with Crippen LogP contribution in [0.5, 0.6) is 0 Å². The molecule has 5 nitrogen and oxygen atoms in total. The number of fused-ring (bicyclic) bond motifs is 1. The number of benzene rings is 2. The zero-order valence-electron chi connectivity index (χ0n) is 19.1. The molecule has 3 aliphatic rings. The van der Waals surface area contributed by atoms with Gasteiger partial charge in [0, 0.05) is 37.1 Å². The van der Waals surface area contributed by atoms with Gasteiger partial charge in [-0.15, -0.1) is 0 Å². The van der Waals surface area contributed by atoms with Crippen molar-refractivity contribution in [3.05, 3.63) is 101 Å². The second-order valence-electron chi connectivity index (χ2n) is 8.92. The van der Waals surface area contributed by atoms with Crippen LogP contribution in [0.15, 0.2) is 89.9 Å². The summed E-state index contributed by atoms with van der Waals surface area (Å²) in [6, 6.07) is 17.2. The molecule has 32 heavy (non-hydrogen) atoms. The molecule has 2 aromatic rings. The predicted molar refractivity (Wildman–Crippen MR) is 125 cm³/mol. The number of hydrogen-bond donors (Lipinski definition) is 0. The monoisotopic (exact) mass is 428 g/mol. The van der Waals surface area contributed by atoms with E-state index in [4.69, 9.17) is 9.47 Å². The van der Waals surface area contributed by atoms with E-state index in [1.807, 2.05) is 57.4 Å². The van der Waals surface area contributed by atoms with Crippen LogP contribution in [0.3, 0.4) is 0 Å². The molecule has 0 aliphatic carbocycles. The van der Waals surface area contributed by atoms with Crippen molar-refractivity contribution in [2.75, 3.05) is 19.0 Å². The first kappa shape index (κ1) is 20.4. The third-order valence-electron chi connectivity index (χ3n) is 7.13. The molecule has 0 aromatic heterocycles. The highest BCUT2D eigenvalue weighted by Crippen LogP contribution is 2.58. The summed E-state index contributed by atoms with van der Waals surface area (Å²) in [5, 5.41) is 0. The number of para-hydroxylation sites is 1. The largest absolute Gasteiger partial charge is 0.461 e. The van der Waals surface area contributed by atoms with Gasteiger partial charge in [0.1, 0.15) is 5.76 Å². The second-order valence-corrected chi connectivity index (χ2v) is 8.92. The van der Waals surface area contributed by atoms with Crippen LogP contribution in [0.2, 0.25) is 0 Å². The van der Waals surface area contributed by atoms with Gasteiger partial charge >= 0.3 is 5.97 Å². The molecule has 164 valence electrons. The Labute approximate surface area is 189 Å². The maximum atomic E-state index is 13.3. The minimum Gasteiger partial charge on any atom is -0.461 e. The summed E-state index contributed by atoms with van der Waals surface area (Å²) in [7, 11) is 4.05. The Kier molecular flexibility index (Phi) is 4.48. The molecule has 3 aliphatic heterocycles. The molecule has 3 unspecified atom stereocenters. The van der Waals surface area contributed by atoms with Crippen LogP contribution in [-0.2, 0) is 15.1 Å². The van der Waals surface area contributed by atoms with Crippen molar-refractivity contribution < 1.29 is 14.3 Å². The van der Waals surface area contributed by atoms with E-state index < -0.39 is 11.3 Å². The van der Waals surface area contributed by atoms with Gasteiger partial charge in [-0.3, -0.25) is 0 Å². The average molecular weight is 429 g/mol. The third kappa shape index (κ3) is 2.60. The van der Waals surface area contributed by atoms with E-state index in [0.29, 0.717) is 5.56 Å². The number of carbonyl (C=O) groups excluding carboxylic acids is 1. The van der Waals surface area contributed by atoms with E-state index in [9.17, 15) is 4.79 Å². The number of esters is 1. The molecule has 3 atom stereocenters. The first-order chi connectivity index (χ1) is 15.3. The van der Waals surface area contributed by atoms with E-state index in [-0.39, 0.29) is 12.0 Å². The normalized spacial score (nSPS) is 28.3. The molecule has 0 fully saturated rings. The third-order valence-corrected chi connectivity index (χ3v) is 7.13. The standard InChI is InChI=1S/C27H28N2O3/c1-18-17-21-15-16-28(4)19(2)24(21)31-27(18)26(3,22-13-9-10-14-23(22)29(27)5)32-25(30)20-11-7-6-8-12-20/h6-17,19H,1-5H3. The minimum atomic E-state index is -1.07. The lowest BCUT2D eigenvalue weighted by molar-refractivity contribution is -0.140. The Hall–Kier alpha value is -3.47. The smallest absolute Gasteiger partial charge is 0.339 e. The predicted octanol–water partition coefficient (Wildman–Crippen LogP) is 4.98. The van der Waals surface area contributed by atoms with E-state index in [2.05, 4.69) is 48.1 Å². The van der Waals surface area contributed by atoms with Gasteiger partial charge in [-0.25, -0.2) is 4.79 Å². The molecule has 1 spiro atoms. The Bertz CT molecular complexity index is 1180. The minimum absolute atomic E-state index is 0.0578. The van der Waals surface area contributed by atoms with Crippen LogP contribution < -0.4 is 4.90 Å². The first-order valence-electron chi connectivity index (χ1n) is 10.9. The molecule has 0 saturated heterocycles. The highest BCUT2D eigenvalue weighted by atomic mass is 16.6. The van der Waals surface area contributed by atoms with Crippen molar-refractivity contribution in [3.8, 4) is 0 Å². The van der Waals surface area contributed by atoms with Gasteiger partial charge in [-0.2, -0.15) is 0 Å². The summed E-state index contributed by atoms with van der Waals surface area (Å²) in [4.78, 5) is 17.5. The Morgan fingerprint density at radius 3 is 2.50 bits per heavy atom. The Morgan fingerprint density at radius 2 is 1.75 bits per heavy atom. The van der Waals surface area contributed by atoms with Crippen LogP contribution >= 0.6 is 0 Å². The maximum absolute atomic E-state index is 13.3. The van der Waals surface area contributed by atoms with Crippen molar-refractivity contribution in [2.24, 2.45) is 0 Å². The number of likely N-dealkylation sites (N-methyl/N-ethyl adjacent to an activating group) is 2. The van der Waals surface area contributed by atoms with Gasteiger partial charge in [0.2, 0.25) is 5.72 Å². The molecule has 0 bridgehead atoms. The molecule has 5 heteroatoms. The number of hydrogen-bond acceptors (Lipinski definition) is 5. The van der Waals surface area contributed by atoms with Crippen molar-refractivity contribution in [1.29, 1.82) is 0 Å². The van der Waals surface area contributed by atoms with Crippen molar-refractivity contribution in [2.45, 2.75) is 38.1 Å². The fraction of sp³-hybridized carbons (Fsp3) is 0.296. The average Bonchev–Trinajstić information content (AvgIpc) is 2.98. The van der Waals surface area contributed by atoms with Gasteiger partial charge in [0.05, 0.1) is 11.6 Å². The first-order valence-corrected chi connectivity index (χ1v) is 10.9. The van der Waals surface area contributed by atoms with Gasteiger partial charge < -0.3 is 19.3 Å². The fourth-order valence-corrected chi connectivity index (χ4v) is 5.26. The highest BCUT2D eigenvalue weighted by Gasteiger charge is 2.66. The Balaban J connectivity index is 1.67. The van der Waals surface area contributed by atoms with Gasteiger partial charge in [0.15, 0.2) is 5.60 Å². The molecule has 3 heterocycles. The summed E-state index contributed by atoms with van der Waals surface area (Å²) >= 11 is 0. The molecular weight excluding hydrogens is 400 g/mol. The topological polar surface area (TPSA) is 42.0 Å². The van der Waals surface area contributed by atoms with Crippen molar-refractivity contribution >= 4 is 11.7 Å². The number of rotatable bonds is 2. The van der Waals surface area contributed by atoms with Crippen molar-refractivity contribution in [3.63, 3.8) is 0 Å². The number of allylic oxidation sites excluding steroid dienone is 3. The molecule has 5 rings (SSSR count). The highest BCUT2D eigenvalue weighted by molar-refractivity contribution is 5.90. The van der Waals surface area contributed by atoms with E-state index in [1.165, 1.54) is 0 Å². The quantitative estimate of drug-likeness (QED) is 0.631. The summed E-state index contributed by atoms with van der Waals surface area (Å²) in [5.41, 5.74) is 2.40. The lowest BCUT2D eigenvalue weighted by Gasteiger charge is -2.51. The van der Waals surface area contributed by atoms with Crippen molar-refractivity contribution in [1.82, 2.24) is 4.90 Å². The zero-order chi connectivity index (χ0) is 22.7. The van der Waals surface area contributed by atoms with E-state index in [1.54, 1.807) is 12.1 Å². The van der Waals surface area contributed by atoms with Gasteiger partial charge in [-0.05, 0) is 56.7 Å². The Morgan fingerprint density at radius 1 is 1.06 bits per heavy atom. The van der Waals surface area contributed by atoms with E-state index in [0.717, 1.165) is 28.2 Å². The lowest BCUT2D eigenvalue weighted by Crippen LogP contribution is -2.61. The van der Waals surface area contributed by atoms with Crippen LogP contribution in [-0.4, -0.2) is 36.7 Å². The SMILES string of the molecule is CC1=CC2=C(OC13N(C)c1ccccc1C3(C)OC(=O)c1ccccc1)C(C)N(C)C=C2. The summed E-state index contributed by atoms with van der Waals surface area (Å²) in [6.07, 6.45) is 6.30. The summed E-state index contributed by atoms with van der Waals surface area (Å²) in [6.45, 7) is 6.14. The summed E-state index contributed by atoms with van der Waals surface area (Å²) < 4.78 is 13.3. The van der Waals surface area contributed by atoms with Crippen LogP contribution in [0.25, 0.3) is 0 Å². The lowest BCUT2D eigenvalue weighted by atomic mass is 9.80. The molecule has 0 radical (unpaired) electrons. The van der Waals surface area contributed by atoms with Gasteiger partial charge in [0.25, 0.3) is 0 Å². The number of ether oxygens (including phenoxy) is 2. The number of nitrogens with zero attached hydrogens (tertiary/aromatic N) is 2. The van der Waals surface area contributed by atoms with Crippen LogP contribution in [0, 0.1) is 0 Å². The maximum Gasteiger partial charge on any atom is 0.339 e. The van der Waals surface area contributed by atoms with E-state index >= 15 is 0 Å². The van der Waals surface area contributed by atoms with Gasteiger partial charge in [-0.1, -0.05) is 36.4 Å². The fourth-order valence-electron chi connectivity index (χ4n) is 5.26. The molecule has 0 N–H and O–H groups in total. The molecular formula is C27H28N2O3. The molecule has 0 amide bonds. The number of carbonyl (C=O) groups is 1. The molecule has 2 aromatic carbocycles. The summed E-state index contributed by atoms with van der Waals surface area (Å²) in [5.74, 6) is 0.504.